The predicted molar refractivity (Wildman–Crippen MR) is 100.0 cm³/mol. The van der Waals surface area contributed by atoms with E-state index < -0.39 is 0 Å². The van der Waals surface area contributed by atoms with Gasteiger partial charge in [-0.15, -0.1) is 0 Å². The van der Waals surface area contributed by atoms with Gasteiger partial charge >= 0.3 is 0 Å². The first-order valence-electron chi connectivity index (χ1n) is 9.46. The van der Waals surface area contributed by atoms with Crippen molar-refractivity contribution in [2.24, 2.45) is 0 Å². The van der Waals surface area contributed by atoms with Crippen molar-refractivity contribution in [3.8, 4) is 0 Å². The van der Waals surface area contributed by atoms with Crippen LogP contribution < -0.4 is 5.32 Å². The lowest BCUT2D eigenvalue weighted by molar-refractivity contribution is 0.179. The molecule has 4 rings (SSSR count). The molecule has 26 heavy (non-hydrogen) atoms. The highest BCUT2D eigenvalue weighted by molar-refractivity contribution is 5.38. The van der Waals surface area contributed by atoms with Gasteiger partial charge in [-0.2, -0.15) is 5.10 Å². The van der Waals surface area contributed by atoms with Gasteiger partial charge in [0, 0.05) is 24.6 Å². The Labute approximate surface area is 154 Å². The molecule has 0 aliphatic carbocycles. The maximum Gasteiger partial charge on any atom is 0.124 e. The van der Waals surface area contributed by atoms with Crippen LogP contribution in [0, 0.1) is 5.82 Å². The van der Waals surface area contributed by atoms with E-state index in [1.807, 2.05) is 24.4 Å². The lowest BCUT2D eigenvalue weighted by Crippen LogP contribution is -2.36. The van der Waals surface area contributed by atoms with E-state index in [2.05, 4.69) is 27.0 Å². The third-order valence-electron chi connectivity index (χ3n) is 5.87. The SMILES string of the molecule is CN1CCC(n2nccc2NCC2(c3ccc(F)cc3)CCOC2)CC1. The Morgan fingerprint density at radius 2 is 2.00 bits per heavy atom. The number of anilines is 1. The second-order valence-corrected chi connectivity index (χ2v) is 7.64. The molecule has 5 nitrogen and oxygen atoms in total. The summed E-state index contributed by atoms with van der Waals surface area (Å²) in [6.45, 7) is 4.38. The summed E-state index contributed by atoms with van der Waals surface area (Å²) in [5.41, 5.74) is 1.02. The fraction of sp³-hybridized carbons (Fsp3) is 0.550. The normalized spacial score (nSPS) is 24.8. The van der Waals surface area contributed by atoms with E-state index in [1.54, 1.807) is 0 Å². The van der Waals surface area contributed by atoms with Gasteiger partial charge in [0.2, 0.25) is 0 Å². The highest BCUT2D eigenvalue weighted by Crippen LogP contribution is 2.34. The molecule has 1 N–H and O–H groups in total. The van der Waals surface area contributed by atoms with Crippen LogP contribution in [0.25, 0.3) is 0 Å². The summed E-state index contributed by atoms with van der Waals surface area (Å²) in [5, 5.41) is 8.18. The van der Waals surface area contributed by atoms with Crippen molar-refractivity contribution in [3.05, 3.63) is 47.9 Å². The van der Waals surface area contributed by atoms with Crippen molar-refractivity contribution in [1.82, 2.24) is 14.7 Å². The minimum absolute atomic E-state index is 0.115. The molecule has 0 saturated carbocycles. The number of rotatable bonds is 5. The molecule has 1 aromatic carbocycles. The van der Waals surface area contributed by atoms with Gasteiger partial charge in [0.15, 0.2) is 0 Å². The van der Waals surface area contributed by atoms with Gasteiger partial charge in [0.05, 0.1) is 18.8 Å². The van der Waals surface area contributed by atoms with Crippen LogP contribution in [-0.4, -0.2) is 54.6 Å². The van der Waals surface area contributed by atoms with Crippen molar-refractivity contribution in [2.75, 3.05) is 45.2 Å². The molecule has 2 aliphatic heterocycles. The maximum absolute atomic E-state index is 13.3. The van der Waals surface area contributed by atoms with E-state index in [9.17, 15) is 4.39 Å². The van der Waals surface area contributed by atoms with Crippen LogP contribution in [0.15, 0.2) is 36.5 Å². The number of halogens is 1. The summed E-state index contributed by atoms with van der Waals surface area (Å²) < 4.78 is 21.2. The molecule has 2 saturated heterocycles. The van der Waals surface area contributed by atoms with E-state index in [0.29, 0.717) is 12.6 Å². The molecule has 2 aliphatic rings. The Hall–Kier alpha value is -1.92. The predicted octanol–water partition coefficient (Wildman–Crippen LogP) is 3.06. The zero-order chi connectivity index (χ0) is 18.0. The van der Waals surface area contributed by atoms with Crippen molar-refractivity contribution >= 4 is 5.82 Å². The maximum atomic E-state index is 13.3. The molecular weight excluding hydrogens is 331 g/mol. The number of nitrogens with one attached hydrogen (secondary N) is 1. The van der Waals surface area contributed by atoms with Gasteiger partial charge in [-0.25, -0.2) is 9.07 Å². The Bertz CT molecular complexity index is 716. The summed E-state index contributed by atoms with van der Waals surface area (Å²) >= 11 is 0. The summed E-state index contributed by atoms with van der Waals surface area (Å²) in [4.78, 5) is 2.37. The summed E-state index contributed by atoms with van der Waals surface area (Å²) in [7, 11) is 2.17. The summed E-state index contributed by atoms with van der Waals surface area (Å²) in [6.07, 6.45) is 5.06. The third kappa shape index (κ3) is 3.48. The Morgan fingerprint density at radius 1 is 1.23 bits per heavy atom. The molecule has 2 fully saturated rings. The molecule has 0 amide bonds. The molecule has 1 atom stereocenters. The Morgan fingerprint density at radius 3 is 2.69 bits per heavy atom. The van der Waals surface area contributed by atoms with Gasteiger partial charge in [-0.3, -0.25) is 0 Å². The largest absolute Gasteiger partial charge is 0.380 e. The van der Waals surface area contributed by atoms with Crippen LogP contribution in [-0.2, 0) is 10.2 Å². The second kappa shape index (κ2) is 7.37. The van der Waals surface area contributed by atoms with Gasteiger partial charge < -0.3 is 15.0 Å². The van der Waals surface area contributed by atoms with Crippen molar-refractivity contribution in [2.45, 2.75) is 30.7 Å². The van der Waals surface area contributed by atoms with Crippen LogP contribution >= 0.6 is 0 Å². The van der Waals surface area contributed by atoms with Crippen molar-refractivity contribution in [3.63, 3.8) is 0 Å². The van der Waals surface area contributed by atoms with Crippen molar-refractivity contribution in [1.29, 1.82) is 0 Å². The first-order valence-corrected chi connectivity index (χ1v) is 9.46. The lowest BCUT2D eigenvalue weighted by atomic mass is 9.79. The Kier molecular flexibility index (Phi) is 4.96. The Balaban J connectivity index is 1.49. The zero-order valence-electron chi connectivity index (χ0n) is 15.3. The standard InChI is InChI=1S/C20H27FN4O/c1-24-11-7-18(8-12-24)25-19(6-10-23-25)22-14-20(9-13-26-15-20)16-2-4-17(21)5-3-16/h2-6,10,18,22H,7-9,11-15H2,1H3. The van der Waals surface area contributed by atoms with Gasteiger partial charge in [0.1, 0.15) is 11.6 Å². The highest BCUT2D eigenvalue weighted by Gasteiger charge is 2.37. The fourth-order valence-corrected chi connectivity index (χ4v) is 4.12. The van der Waals surface area contributed by atoms with E-state index in [1.165, 1.54) is 12.1 Å². The third-order valence-corrected chi connectivity index (χ3v) is 5.87. The number of aromatic nitrogens is 2. The zero-order valence-corrected chi connectivity index (χ0v) is 15.3. The molecule has 2 aromatic rings. The number of hydrogen-bond donors (Lipinski definition) is 1. The van der Waals surface area contributed by atoms with Gasteiger partial charge in [0.25, 0.3) is 0 Å². The smallest absolute Gasteiger partial charge is 0.124 e. The average Bonchev–Trinajstić information content (AvgIpc) is 3.31. The molecule has 140 valence electrons. The first kappa shape index (κ1) is 17.5. The molecule has 0 spiro atoms. The lowest BCUT2D eigenvalue weighted by Gasteiger charge is -2.32. The van der Waals surface area contributed by atoms with Gasteiger partial charge in [-0.05, 0) is 57.1 Å². The second-order valence-electron chi connectivity index (χ2n) is 7.64. The van der Waals surface area contributed by atoms with Gasteiger partial charge in [-0.1, -0.05) is 12.1 Å². The van der Waals surface area contributed by atoms with E-state index >= 15 is 0 Å². The minimum atomic E-state index is -0.198. The number of nitrogens with zero attached hydrogens (tertiary/aromatic N) is 3. The molecule has 0 radical (unpaired) electrons. The fourth-order valence-electron chi connectivity index (χ4n) is 4.12. The van der Waals surface area contributed by atoms with Crippen LogP contribution in [0.2, 0.25) is 0 Å². The quantitative estimate of drug-likeness (QED) is 0.892. The monoisotopic (exact) mass is 358 g/mol. The minimum Gasteiger partial charge on any atom is -0.380 e. The highest BCUT2D eigenvalue weighted by atomic mass is 19.1. The van der Waals surface area contributed by atoms with Crippen LogP contribution in [0.4, 0.5) is 10.2 Å². The molecule has 0 bridgehead atoms. The number of benzene rings is 1. The van der Waals surface area contributed by atoms with Crippen LogP contribution in [0.1, 0.15) is 30.9 Å². The number of piperidine rings is 1. The number of hydrogen-bond acceptors (Lipinski definition) is 4. The number of ether oxygens (including phenoxy) is 1. The van der Waals surface area contributed by atoms with E-state index in [0.717, 1.165) is 56.9 Å². The van der Waals surface area contributed by atoms with E-state index in [4.69, 9.17) is 4.74 Å². The summed E-state index contributed by atoms with van der Waals surface area (Å²) in [6, 6.07) is 9.35. The molecular formula is C20H27FN4O. The molecule has 6 heteroatoms. The van der Waals surface area contributed by atoms with Crippen molar-refractivity contribution < 1.29 is 9.13 Å². The number of likely N-dealkylation sites (tertiary alicyclic amines) is 1. The van der Waals surface area contributed by atoms with Crippen LogP contribution in [0.5, 0.6) is 0 Å². The molecule has 1 unspecified atom stereocenters. The topological polar surface area (TPSA) is 42.3 Å². The molecule has 3 heterocycles. The first-order chi connectivity index (χ1) is 12.7. The van der Waals surface area contributed by atoms with Crippen LogP contribution in [0.3, 0.4) is 0 Å². The summed E-state index contributed by atoms with van der Waals surface area (Å²) in [5.74, 6) is 0.865. The average molecular weight is 358 g/mol. The molecule has 1 aromatic heterocycles. The van der Waals surface area contributed by atoms with E-state index in [-0.39, 0.29) is 11.2 Å².